The fourth-order valence-corrected chi connectivity index (χ4v) is 4.23. The Kier molecular flexibility index (Phi) is 8.65. The van der Waals surface area contributed by atoms with Gasteiger partial charge in [0.05, 0.1) is 12.5 Å². The molecule has 176 valence electrons. The van der Waals surface area contributed by atoms with Crippen molar-refractivity contribution >= 4 is 43.0 Å². The Labute approximate surface area is 190 Å². The predicted octanol–water partition coefficient (Wildman–Crippen LogP) is 2.42. The number of nitrogens with one attached hydrogen (secondary N) is 2. The summed E-state index contributed by atoms with van der Waals surface area (Å²) in [5.41, 5.74) is 1.81. The molecule has 0 atom stereocenters. The van der Waals surface area contributed by atoms with Crippen LogP contribution in [0.5, 0.6) is 0 Å². The van der Waals surface area contributed by atoms with Crippen LogP contribution in [-0.4, -0.2) is 66.3 Å². The summed E-state index contributed by atoms with van der Waals surface area (Å²) >= 11 is 0. The van der Waals surface area contributed by atoms with Crippen LogP contribution >= 0.6 is 0 Å². The van der Waals surface area contributed by atoms with Crippen molar-refractivity contribution in [2.24, 2.45) is 0 Å². The largest absolute Gasteiger partial charge is 0.307 e. The lowest BCUT2D eigenvalue weighted by atomic mass is 10.1. The first-order chi connectivity index (χ1) is 14.9. The zero-order valence-electron chi connectivity index (χ0n) is 18.7. The molecule has 0 aliphatic carbocycles. The molecule has 2 N–H and O–H groups in total. The normalized spacial score (nSPS) is 11.9. The van der Waals surface area contributed by atoms with Crippen LogP contribution in [0.15, 0.2) is 48.5 Å². The van der Waals surface area contributed by atoms with E-state index in [1.165, 1.54) is 12.1 Å². The third-order valence-corrected chi connectivity index (χ3v) is 5.91. The van der Waals surface area contributed by atoms with Gasteiger partial charge in [-0.05, 0) is 61.6 Å². The lowest BCUT2D eigenvalue weighted by Gasteiger charge is -2.27. The van der Waals surface area contributed by atoms with E-state index in [-0.39, 0.29) is 5.91 Å². The minimum absolute atomic E-state index is 0.244. The number of hydrogen-bond acceptors (Lipinski definition) is 6. The molecule has 0 heterocycles. The molecule has 0 radical (unpaired) electrons. The second-order valence-corrected chi connectivity index (χ2v) is 10.9. The lowest BCUT2D eigenvalue weighted by Crippen LogP contribution is -2.38. The summed E-state index contributed by atoms with van der Waals surface area (Å²) in [6, 6.07) is 12.8. The summed E-state index contributed by atoms with van der Waals surface area (Å²) in [5, 5.41) is 0. The molecule has 0 aliphatic heterocycles. The highest BCUT2D eigenvalue weighted by molar-refractivity contribution is 7.92. The van der Waals surface area contributed by atoms with Gasteiger partial charge in [0.25, 0.3) is 5.91 Å². The number of carbonyl (C=O) groups excluding carboxylic acids is 1. The molecule has 0 aromatic heterocycles. The monoisotopic (exact) mass is 482 g/mol. The van der Waals surface area contributed by atoms with Gasteiger partial charge in [-0.1, -0.05) is 13.8 Å². The van der Waals surface area contributed by atoms with Crippen LogP contribution in [0.1, 0.15) is 24.2 Å². The summed E-state index contributed by atoms with van der Waals surface area (Å²) in [6.45, 7) is 6.89. The van der Waals surface area contributed by atoms with E-state index >= 15 is 0 Å². The van der Waals surface area contributed by atoms with Crippen LogP contribution in [-0.2, 0) is 20.0 Å². The van der Waals surface area contributed by atoms with Gasteiger partial charge in [0.15, 0.2) is 0 Å². The Morgan fingerprint density at radius 1 is 0.750 bits per heavy atom. The average molecular weight is 483 g/mol. The topological polar surface area (TPSA) is 116 Å². The van der Waals surface area contributed by atoms with Gasteiger partial charge in [0, 0.05) is 35.7 Å². The van der Waals surface area contributed by atoms with E-state index in [4.69, 9.17) is 0 Å². The Morgan fingerprint density at radius 3 is 1.59 bits per heavy atom. The summed E-state index contributed by atoms with van der Waals surface area (Å²) < 4.78 is 50.5. The molecule has 2 aromatic carbocycles. The van der Waals surface area contributed by atoms with E-state index in [1.807, 2.05) is 0 Å². The molecule has 0 bridgehead atoms. The van der Waals surface area contributed by atoms with Crippen LogP contribution in [0.2, 0.25) is 0 Å². The SMILES string of the molecule is CCN(CC)CCN(C(=O)c1ccc(NS(C)(=O)=O)cc1)c1ccc(NS(C)(=O)=O)cc1. The standard InChI is InChI=1S/C21H30N4O5S2/c1-5-24(6-2)15-16-25(20-13-11-19(12-14-20)23-32(4,29)30)21(26)17-7-9-18(10-8-17)22-31(3,27)28/h7-14,22-23H,5-6,15-16H2,1-4H3. The zero-order chi connectivity index (χ0) is 23.9. The Balaban J connectivity index is 2.30. The molecule has 2 rings (SSSR count). The van der Waals surface area contributed by atoms with Gasteiger partial charge in [0.1, 0.15) is 0 Å². The first-order valence-electron chi connectivity index (χ1n) is 10.1. The first kappa shape index (κ1) is 25.6. The molecular formula is C21H30N4O5S2. The van der Waals surface area contributed by atoms with Crippen molar-refractivity contribution in [2.75, 3.05) is 53.0 Å². The van der Waals surface area contributed by atoms with Gasteiger partial charge >= 0.3 is 0 Å². The zero-order valence-corrected chi connectivity index (χ0v) is 20.3. The molecule has 0 fully saturated rings. The summed E-state index contributed by atoms with van der Waals surface area (Å²) in [5.74, 6) is -0.244. The van der Waals surface area contributed by atoms with Gasteiger partial charge in [0.2, 0.25) is 20.0 Å². The second-order valence-electron chi connectivity index (χ2n) is 7.36. The van der Waals surface area contributed by atoms with Crippen LogP contribution in [0, 0.1) is 0 Å². The maximum atomic E-state index is 13.3. The number of amides is 1. The Bertz CT molecular complexity index is 1110. The molecule has 0 spiro atoms. The van der Waals surface area contributed by atoms with E-state index < -0.39 is 20.0 Å². The van der Waals surface area contributed by atoms with Crippen LogP contribution in [0.4, 0.5) is 17.1 Å². The fourth-order valence-electron chi connectivity index (χ4n) is 3.10. The van der Waals surface area contributed by atoms with Crippen molar-refractivity contribution in [1.29, 1.82) is 0 Å². The molecule has 1 amide bonds. The minimum atomic E-state index is -3.41. The molecular weight excluding hydrogens is 452 g/mol. The highest BCUT2D eigenvalue weighted by Gasteiger charge is 2.19. The predicted molar refractivity (Wildman–Crippen MR) is 129 cm³/mol. The van der Waals surface area contributed by atoms with Gasteiger partial charge in [-0.25, -0.2) is 16.8 Å². The third kappa shape index (κ3) is 8.13. The van der Waals surface area contributed by atoms with Gasteiger partial charge in [-0.2, -0.15) is 0 Å². The number of carbonyl (C=O) groups is 1. The van der Waals surface area contributed by atoms with Crippen molar-refractivity contribution < 1.29 is 21.6 Å². The van der Waals surface area contributed by atoms with E-state index in [2.05, 4.69) is 28.2 Å². The quantitative estimate of drug-likeness (QED) is 0.508. The molecule has 0 saturated heterocycles. The van der Waals surface area contributed by atoms with Gasteiger partial charge < -0.3 is 9.80 Å². The number of rotatable bonds is 11. The number of nitrogens with zero attached hydrogens (tertiary/aromatic N) is 2. The van der Waals surface area contributed by atoms with E-state index in [0.717, 1.165) is 25.6 Å². The van der Waals surface area contributed by atoms with Crippen LogP contribution in [0.25, 0.3) is 0 Å². The molecule has 32 heavy (non-hydrogen) atoms. The molecule has 0 aliphatic rings. The van der Waals surface area contributed by atoms with Crippen molar-refractivity contribution in [3.63, 3.8) is 0 Å². The molecule has 2 aromatic rings. The molecule has 0 saturated carbocycles. The minimum Gasteiger partial charge on any atom is -0.307 e. The number of hydrogen-bond donors (Lipinski definition) is 2. The maximum absolute atomic E-state index is 13.3. The molecule has 0 unspecified atom stereocenters. The average Bonchev–Trinajstić information content (AvgIpc) is 2.70. The smallest absolute Gasteiger partial charge is 0.258 e. The van der Waals surface area contributed by atoms with Crippen LogP contribution in [0.3, 0.4) is 0 Å². The van der Waals surface area contributed by atoms with E-state index in [9.17, 15) is 21.6 Å². The number of benzene rings is 2. The van der Waals surface area contributed by atoms with E-state index in [0.29, 0.717) is 35.7 Å². The molecule has 9 nitrogen and oxygen atoms in total. The van der Waals surface area contributed by atoms with E-state index in [1.54, 1.807) is 41.3 Å². The van der Waals surface area contributed by atoms with Gasteiger partial charge in [-0.15, -0.1) is 0 Å². The maximum Gasteiger partial charge on any atom is 0.258 e. The number of sulfonamides is 2. The highest BCUT2D eigenvalue weighted by atomic mass is 32.2. The van der Waals surface area contributed by atoms with Crippen molar-refractivity contribution in [3.05, 3.63) is 54.1 Å². The van der Waals surface area contributed by atoms with Crippen molar-refractivity contribution in [3.8, 4) is 0 Å². The number of anilines is 3. The third-order valence-electron chi connectivity index (χ3n) is 4.70. The lowest BCUT2D eigenvalue weighted by molar-refractivity contribution is 0.0983. The van der Waals surface area contributed by atoms with Crippen molar-refractivity contribution in [1.82, 2.24) is 4.90 Å². The first-order valence-corrected chi connectivity index (χ1v) is 13.9. The highest BCUT2D eigenvalue weighted by Crippen LogP contribution is 2.22. The Hall–Kier alpha value is -2.63. The summed E-state index contributed by atoms with van der Waals surface area (Å²) in [7, 11) is -6.81. The second kappa shape index (κ2) is 10.8. The summed E-state index contributed by atoms with van der Waals surface area (Å²) in [6.07, 6.45) is 2.13. The van der Waals surface area contributed by atoms with Crippen LogP contribution < -0.4 is 14.3 Å². The Morgan fingerprint density at radius 2 is 1.19 bits per heavy atom. The summed E-state index contributed by atoms with van der Waals surface area (Å²) in [4.78, 5) is 17.1. The van der Waals surface area contributed by atoms with Crippen molar-refractivity contribution in [2.45, 2.75) is 13.8 Å². The molecule has 11 heteroatoms. The fraction of sp³-hybridized carbons (Fsp3) is 0.381. The van der Waals surface area contributed by atoms with Gasteiger partial charge in [-0.3, -0.25) is 14.2 Å². The number of likely N-dealkylation sites (N-methyl/N-ethyl adjacent to an activating group) is 1.